The first kappa shape index (κ1) is 21.0. The minimum Gasteiger partial charge on any atom is -0.497 e. The molecule has 8 nitrogen and oxygen atoms in total. The van der Waals surface area contributed by atoms with Gasteiger partial charge in [-0.05, 0) is 32.4 Å². The molecule has 2 atom stereocenters. The van der Waals surface area contributed by atoms with Crippen LogP contribution in [-0.2, 0) is 19.4 Å². The molecule has 8 heteroatoms. The molecule has 0 amide bonds. The fourth-order valence-electron chi connectivity index (χ4n) is 3.31. The van der Waals surface area contributed by atoms with E-state index in [1.165, 1.54) is 0 Å². The number of hydrogen-bond acceptors (Lipinski definition) is 5. The topological polar surface area (TPSA) is 85.6 Å². The maximum Gasteiger partial charge on any atom is 0.191 e. The molecular formula is C21H32N6O2. The van der Waals surface area contributed by atoms with Crippen molar-refractivity contribution < 1.29 is 9.47 Å². The molecule has 2 N–H and O–H groups in total. The van der Waals surface area contributed by atoms with E-state index in [9.17, 15) is 0 Å². The molecule has 158 valence electrons. The normalized spacial score (nSPS) is 17.4. The van der Waals surface area contributed by atoms with E-state index in [0.717, 1.165) is 61.5 Å². The molecule has 0 radical (unpaired) electrons. The Morgan fingerprint density at radius 3 is 2.93 bits per heavy atom. The Labute approximate surface area is 172 Å². The van der Waals surface area contributed by atoms with E-state index in [-0.39, 0.29) is 12.1 Å². The van der Waals surface area contributed by atoms with Gasteiger partial charge < -0.3 is 20.1 Å². The van der Waals surface area contributed by atoms with Crippen molar-refractivity contribution in [2.75, 3.05) is 20.2 Å². The van der Waals surface area contributed by atoms with Crippen molar-refractivity contribution in [3.05, 3.63) is 35.9 Å². The molecule has 0 saturated heterocycles. The Morgan fingerprint density at radius 1 is 1.34 bits per heavy atom. The van der Waals surface area contributed by atoms with E-state index < -0.39 is 0 Å². The molecule has 2 aromatic rings. The summed E-state index contributed by atoms with van der Waals surface area (Å²) < 4.78 is 13.2. The molecule has 0 bridgehead atoms. The summed E-state index contributed by atoms with van der Waals surface area (Å²) in [4.78, 5) is 9.30. The van der Waals surface area contributed by atoms with Crippen LogP contribution < -0.4 is 20.1 Å². The van der Waals surface area contributed by atoms with Crippen LogP contribution in [0.15, 0.2) is 29.3 Å². The Balaban J connectivity index is 1.56. The molecule has 0 saturated carbocycles. The number of ether oxygens (including phenoxy) is 2. The van der Waals surface area contributed by atoms with Gasteiger partial charge in [0, 0.05) is 31.5 Å². The van der Waals surface area contributed by atoms with E-state index in [1.54, 1.807) is 7.11 Å². The van der Waals surface area contributed by atoms with Crippen LogP contribution in [0.2, 0.25) is 0 Å². The van der Waals surface area contributed by atoms with Crippen LogP contribution in [-0.4, -0.2) is 53.1 Å². The predicted octanol–water partition coefficient (Wildman–Crippen LogP) is 2.19. The Morgan fingerprint density at radius 2 is 2.17 bits per heavy atom. The molecule has 1 aliphatic rings. The first-order valence-electron chi connectivity index (χ1n) is 10.4. The van der Waals surface area contributed by atoms with Crippen LogP contribution in [0.1, 0.15) is 38.8 Å². The van der Waals surface area contributed by atoms with Crippen molar-refractivity contribution in [1.82, 2.24) is 25.4 Å². The third kappa shape index (κ3) is 5.85. The maximum atomic E-state index is 5.97. The van der Waals surface area contributed by atoms with Crippen LogP contribution in [0, 0.1) is 0 Å². The minimum absolute atomic E-state index is 0.0575. The molecular weight excluding hydrogens is 368 g/mol. The molecule has 29 heavy (non-hydrogen) atoms. The standard InChI is InChI=1S/C21H32N6O2/c1-5-19-25-20-11-10-16(14-27(20)26-19)24-21(22-6-2)23-13-15(3)29-18-9-7-8-17(12-18)28-4/h7-9,12,15-16H,5-6,10-11,13-14H2,1-4H3,(H2,22,23,24). The van der Waals surface area contributed by atoms with Crippen molar-refractivity contribution in [3.63, 3.8) is 0 Å². The van der Waals surface area contributed by atoms with Crippen molar-refractivity contribution in [2.45, 2.75) is 58.7 Å². The number of aryl methyl sites for hydroxylation is 2. The molecule has 0 aliphatic carbocycles. The van der Waals surface area contributed by atoms with E-state index >= 15 is 0 Å². The van der Waals surface area contributed by atoms with Gasteiger partial charge in [0.05, 0.1) is 20.2 Å². The van der Waals surface area contributed by atoms with E-state index in [4.69, 9.17) is 14.5 Å². The highest BCUT2D eigenvalue weighted by atomic mass is 16.5. The van der Waals surface area contributed by atoms with Crippen LogP contribution in [0.25, 0.3) is 0 Å². The van der Waals surface area contributed by atoms with Crippen molar-refractivity contribution in [3.8, 4) is 11.5 Å². The molecule has 2 unspecified atom stereocenters. The van der Waals surface area contributed by atoms with Crippen molar-refractivity contribution in [1.29, 1.82) is 0 Å². The molecule has 1 aliphatic heterocycles. The van der Waals surface area contributed by atoms with Gasteiger partial charge in [-0.15, -0.1) is 0 Å². The largest absolute Gasteiger partial charge is 0.497 e. The third-order valence-electron chi connectivity index (χ3n) is 4.79. The van der Waals surface area contributed by atoms with Gasteiger partial charge >= 0.3 is 0 Å². The Kier molecular flexibility index (Phi) is 7.32. The first-order chi connectivity index (χ1) is 14.1. The molecule has 1 aromatic carbocycles. The summed E-state index contributed by atoms with van der Waals surface area (Å²) in [6.45, 7) is 8.33. The second kappa shape index (κ2) is 10.1. The summed E-state index contributed by atoms with van der Waals surface area (Å²) in [7, 11) is 1.65. The molecule has 3 rings (SSSR count). The van der Waals surface area contributed by atoms with Gasteiger partial charge in [0.2, 0.25) is 0 Å². The zero-order chi connectivity index (χ0) is 20.6. The van der Waals surface area contributed by atoms with Gasteiger partial charge in [-0.25, -0.2) is 14.7 Å². The fourth-order valence-corrected chi connectivity index (χ4v) is 3.31. The van der Waals surface area contributed by atoms with Gasteiger partial charge in [0.1, 0.15) is 23.4 Å². The zero-order valence-corrected chi connectivity index (χ0v) is 17.8. The summed E-state index contributed by atoms with van der Waals surface area (Å²) in [5.74, 6) is 4.37. The van der Waals surface area contributed by atoms with Crippen molar-refractivity contribution >= 4 is 5.96 Å². The second-order valence-corrected chi connectivity index (χ2v) is 7.19. The summed E-state index contributed by atoms with van der Waals surface area (Å²) >= 11 is 0. The summed E-state index contributed by atoms with van der Waals surface area (Å²) in [6, 6.07) is 7.90. The quantitative estimate of drug-likeness (QED) is 0.522. The highest BCUT2D eigenvalue weighted by Crippen LogP contribution is 2.20. The lowest BCUT2D eigenvalue weighted by Crippen LogP contribution is -2.47. The second-order valence-electron chi connectivity index (χ2n) is 7.19. The van der Waals surface area contributed by atoms with E-state index in [2.05, 4.69) is 34.6 Å². The number of methoxy groups -OCH3 is 1. The Hall–Kier alpha value is -2.77. The predicted molar refractivity (Wildman–Crippen MR) is 114 cm³/mol. The number of aromatic nitrogens is 3. The maximum absolute atomic E-state index is 5.97. The lowest BCUT2D eigenvalue weighted by atomic mass is 10.1. The summed E-state index contributed by atoms with van der Waals surface area (Å²) in [6.07, 6.45) is 2.76. The number of benzene rings is 1. The van der Waals surface area contributed by atoms with Crippen LogP contribution in [0.3, 0.4) is 0 Å². The molecule has 2 heterocycles. The fraction of sp³-hybridized carbons (Fsp3) is 0.571. The average Bonchev–Trinajstić information content (AvgIpc) is 3.15. The lowest BCUT2D eigenvalue weighted by molar-refractivity contribution is 0.229. The van der Waals surface area contributed by atoms with Gasteiger partial charge in [0.15, 0.2) is 11.8 Å². The third-order valence-corrected chi connectivity index (χ3v) is 4.79. The van der Waals surface area contributed by atoms with Crippen LogP contribution in [0.5, 0.6) is 11.5 Å². The van der Waals surface area contributed by atoms with Gasteiger partial charge in [0.25, 0.3) is 0 Å². The van der Waals surface area contributed by atoms with Crippen LogP contribution in [0.4, 0.5) is 0 Å². The number of aliphatic imine (C=N–C) groups is 1. The smallest absolute Gasteiger partial charge is 0.191 e. The van der Waals surface area contributed by atoms with Gasteiger partial charge in [-0.2, -0.15) is 5.10 Å². The summed E-state index contributed by atoms with van der Waals surface area (Å²) in [5, 5.41) is 11.4. The first-order valence-corrected chi connectivity index (χ1v) is 10.4. The number of hydrogen-bond donors (Lipinski definition) is 2. The molecule has 1 aromatic heterocycles. The van der Waals surface area contributed by atoms with Crippen molar-refractivity contribution in [2.24, 2.45) is 4.99 Å². The number of nitrogens with one attached hydrogen (secondary N) is 2. The number of rotatable bonds is 8. The molecule has 0 spiro atoms. The zero-order valence-electron chi connectivity index (χ0n) is 17.8. The highest BCUT2D eigenvalue weighted by Gasteiger charge is 2.22. The Bertz CT molecular complexity index is 819. The lowest BCUT2D eigenvalue weighted by Gasteiger charge is -2.25. The van der Waals surface area contributed by atoms with Gasteiger partial charge in [-0.3, -0.25) is 0 Å². The average molecular weight is 401 g/mol. The van der Waals surface area contributed by atoms with Crippen LogP contribution >= 0.6 is 0 Å². The number of guanidine groups is 1. The highest BCUT2D eigenvalue weighted by molar-refractivity contribution is 5.80. The number of nitrogens with zero attached hydrogens (tertiary/aromatic N) is 4. The monoisotopic (exact) mass is 400 g/mol. The minimum atomic E-state index is -0.0575. The SMILES string of the molecule is CCNC(=NCC(C)Oc1cccc(OC)c1)NC1CCc2nc(CC)nn2C1. The summed E-state index contributed by atoms with van der Waals surface area (Å²) in [5.41, 5.74) is 0. The van der Waals surface area contributed by atoms with E-state index in [0.29, 0.717) is 6.54 Å². The number of fused-ring (bicyclic) bond motifs is 1. The van der Waals surface area contributed by atoms with Gasteiger partial charge in [-0.1, -0.05) is 13.0 Å². The molecule has 0 fully saturated rings. The van der Waals surface area contributed by atoms with E-state index in [1.807, 2.05) is 35.9 Å².